The molecule has 3 aromatic rings. The van der Waals surface area contributed by atoms with E-state index in [2.05, 4.69) is 87.5 Å². The number of rotatable bonds is 6. The molecule has 2 N–H and O–H groups in total. The van der Waals surface area contributed by atoms with Crippen molar-refractivity contribution in [1.29, 1.82) is 5.26 Å². The normalized spacial score (nSPS) is 19.9. The number of nitrogens with zero attached hydrogens (tertiary/aromatic N) is 5. The standard InChI is InChI=1S/C29H39N7O2Si/c1-27(2,3)39(7,8)37-18-29(6)17-32-24-20(15-30)13-19(14-21(24)29)22-9-11-31-26(34-22)35-23-16-33-36-12-10-28(4,5)38-25(23)36/h9,11,13-14,16,32H,10,12,17-18H2,1-8H3,(H,31,34,35)/t29-/m1/s1. The number of ether oxygens (including phenoxy) is 1. The van der Waals surface area contributed by atoms with E-state index < -0.39 is 8.32 Å². The Balaban J connectivity index is 1.45. The molecule has 0 saturated heterocycles. The van der Waals surface area contributed by atoms with E-state index in [0.29, 0.717) is 24.0 Å². The van der Waals surface area contributed by atoms with Gasteiger partial charge in [0.2, 0.25) is 11.8 Å². The molecule has 39 heavy (non-hydrogen) atoms. The quantitative estimate of drug-likeness (QED) is 0.351. The lowest BCUT2D eigenvalue weighted by atomic mass is 9.83. The molecule has 5 rings (SSSR count). The van der Waals surface area contributed by atoms with Gasteiger partial charge in [-0.2, -0.15) is 10.4 Å². The zero-order valence-electron chi connectivity index (χ0n) is 24.3. The lowest BCUT2D eigenvalue weighted by molar-refractivity contribution is 0.0544. The number of hydrogen-bond donors (Lipinski definition) is 2. The zero-order chi connectivity index (χ0) is 28.2. The summed E-state index contributed by atoms with van der Waals surface area (Å²) in [5.74, 6) is 1.13. The largest absolute Gasteiger partial charge is 0.470 e. The third kappa shape index (κ3) is 5.13. The van der Waals surface area contributed by atoms with Crippen molar-refractivity contribution in [2.45, 2.75) is 83.7 Å². The van der Waals surface area contributed by atoms with Crippen molar-refractivity contribution >= 4 is 25.6 Å². The molecule has 0 bridgehead atoms. The van der Waals surface area contributed by atoms with Crippen LogP contribution in [0.15, 0.2) is 30.6 Å². The Morgan fingerprint density at radius 3 is 2.74 bits per heavy atom. The Kier molecular flexibility index (Phi) is 6.51. The molecule has 4 heterocycles. The highest BCUT2D eigenvalue weighted by Gasteiger charge is 2.42. The van der Waals surface area contributed by atoms with Gasteiger partial charge in [-0.25, -0.2) is 14.6 Å². The van der Waals surface area contributed by atoms with E-state index in [4.69, 9.17) is 14.1 Å². The molecule has 0 saturated carbocycles. The molecule has 0 amide bonds. The van der Waals surface area contributed by atoms with E-state index in [1.54, 1.807) is 12.4 Å². The van der Waals surface area contributed by atoms with Gasteiger partial charge in [0.1, 0.15) is 17.4 Å². The van der Waals surface area contributed by atoms with E-state index >= 15 is 0 Å². The summed E-state index contributed by atoms with van der Waals surface area (Å²) >= 11 is 0. The fraction of sp³-hybridized carbons (Fsp3) is 0.517. The lowest BCUT2D eigenvalue weighted by Crippen LogP contribution is -2.45. The molecule has 2 aromatic heterocycles. The highest BCUT2D eigenvalue weighted by Crippen LogP contribution is 2.44. The van der Waals surface area contributed by atoms with Crippen LogP contribution in [0.3, 0.4) is 0 Å². The summed E-state index contributed by atoms with van der Waals surface area (Å²) in [5, 5.41) is 21.3. The number of anilines is 3. The maximum atomic E-state index is 10.0. The van der Waals surface area contributed by atoms with Gasteiger partial charge in [0, 0.05) is 43.3 Å². The minimum absolute atomic E-state index is 0.123. The lowest BCUT2D eigenvalue weighted by Gasteiger charge is -2.39. The van der Waals surface area contributed by atoms with Crippen molar-refractivity contribution in [3.05, 3.63) is 41.7 Å². The van der Waals surface area contributed by atoms with Gasteiger partial charge >= 0.3 is 0 Å². The molecule has 206 valence electrons. The summed E-state index contributed by atoms with van der Waals surface area (Å²) in [6, 6.07) is 8.29. The molecule has 2 aliphatic rings. The van der Waals surface area contributed by atoms with Gasteiger partial charge in [-0.3, -0.25) is 0 Å². The van der Waals surface area contributed by atoms with Crippen LogP contribution in [0.25, 0.3) is 11.3 Å². The van der Waals surface area contributed by atoms with Crippen molar-refractivity contribution in [3.8, 4) is 23.2 Å². The van der Waals surface area contributed by atoms with Gasteiger partial charge in [0.05, 0.1) is 23.1 Å². The predicted molar refractivity (Wildman–Crippen MR) is 156 cm³/mol. The predicted octanol–water partition coefficient (Wildman–Crippen LogP) is 6.22. The van der Waals surface area contributed by atoms with Gasteiger partial charge in [-0.1, -0.05) is 27.7 Å². The average molecular weight is 546 g/mol. The summed E-state index contributed by atoms with van der Waals surface area (Å²) in [7, 11) is -1.94. The molecule has 2 aliphatic heterocycles. The molecule has 1 atom stereocenters. The zero-order valence-corrected chi connectivity index (χ0v) is 25.3. The topological polar surface area (TPSA) is 110 Å². The van der Waals surface area contributed by atoms with Gasteiger partial charge in [-0.15, -0.1) is 0 Å². The summed E-state index contributed by atoms with van der Waals surface area (Å²) < 4.78 is 14.7. The van der Waals surface area contributed by atoms with Gasteiger partial charge in [0.15, 0.2) is 8.32 Å². The number of aryl methyl sites for hydroxylation is 1. The van der Waals surface area contributed by atoms with Crippen LogP contribution < -0.4 is 15.4 Å². The molecule has 1 aromatic carbocycles. The van der Waals surface area contributed by atoms with Gasteiger partial charge < -0.3 is 19.8 Å². The third-order valence-corrected chi connectivity index (χ3v) is 12.9. The van der Waals surface area contributed by atoms with Crippen molar-refractivity contribution < 1.29 is 9.16 Å². The van der Waals surface area contributed by atoms with E-state index in [1.807, 2.05) is 16.8 Å². The second-order valence-corrected chi connectivity index (χ2v) is 17.9. The fourth-order valence-corrected chi connectivity index (χ4v) is 5.84. The monoisotopic (exact) mass is 545 g/mol. The summed E-state index contributed by atoms with van der Waals surface area (Å²) in [4.78, 5) is 9.24. The smallest absolute Gasteiger partial charge is 0.236 e. The number of aromatic nitrogens is 4. The number of nitrogens with one attached hydrogen (secondary N) is 2. The molecule has 0 radical (unpaired) electrons. The molecular weight excluding hydrogens is 506 g/mol. The minimum atomic E-state index is -1.94. The summed E-state index contributed by atoms with van der Waals surface area (Å²) in [6.07, 6.45) is 4.36. The first-order valence-electron chi connectivity index (χ1n) is 13.5. The summed E-state index contributed by atoms with van der Waals surface area (Å²) in [5.41, 5.74) is 4.38. The highest BCUT2D eigenvalue weighted by atomic mass is 28.4. The van der Waals surface area contributed by atoms with Crippen LogP contribution in [0.4, 0.5) is 17.3 Å². The van der Waals surface area contributed by atoms with Crippen LogP contribution in [0.2, 0.25) is 18.1 Å². The van der Waals surface area contributed by atoms with Crippen LogP contribution in [0.1, 0.15) is 59.1 Å². The number of nitriles is 1. The van der Waals surface area contributed by atoms with Crippen LogP contribution in [0, 0.1) is 11.3 Å². The first kappa shape index (κ1) is 27.2. The fourth-order valence-electron chi connectivity index (χ4n) is 4.72. The maximum absolute atomic E-state index is 10.0. The Hall–Kier alpha value is -3.42. The molecular formula is C29H39N7O2Si. The van der Waals surface area contributed by atoms with Crippen LogP contribution in [-0.4, -0.2) is 46.8 Å². The molecule has 9 nitrogen and oxygen atoms in total. The van der Waals surface area contributed by atoms with Crippen molar-refractivity contribution in [2.75, 3.05) is 23.8 Å². The van der Waals surface area contributed by atoms with Gasteiger partial charge in [-0.05, 0) is 55.7 Å². The third-order valence-electron chi connectivity index (χ3n) is 8.41. The van der Waals surface area contributed by atoms with Crippen LogP contribution in [0.5, 0.6) is 5.88 Å². The number of hydrogen-bond acceptors (Lipinski definition) is 8. The molecule has 0 aliphatic carbocycles. The van der Waals surface area contributed by atoms with Crippen LogP contribution in [-0.2, 0) is 16.4 Å². The van der Waals surface area contributed by atoms with E-state index in [0.717, 1.165) is 47.7 Å². The van der Waals surface area contributed by atoms with Crippen molar-refractivity contribution in [1.82, 2.24) is 19.7 Å². The van der Waals surface area contributed by atoms with E-state index in [-0.39, 0.29) is 16.1 Å². The Labute approximate surface area is 232 Å². The van der Waals surface area contributed by atoms with Crippen molar-refractivity contribution in [2.24, 2.45) is 0 Å². The maximum Gasteiger partial charge on any atom is 0.236 e. The summed E-state index contributed by atoms with van der Waals surface area (Å²) in [6.45, 7) is 19.8. The second kappa shape index (κ2) is 9.35. The number of benzene rings is 1. The molecule has 10 heteroatoms. The van der Waals surface area contributed by atoms with Crippen LogP contribution >= 0.6 is 0 Å². The first-order chi connectivity index (χ1) is 18.2. The Bertz CT molecular complexity index is 1450. The SMILES string of the molecule is CC1(C)CCn2ncc(Nc3nccc(-c4cc(C#N)c5c(c4)[C@@](C)(CO[Si](C)(C)C(C)(C)C)CN5)n3)c2O1. The van der Waals surface area contributed by atoms with Crippen molar-refractivity contribution in [3.63, 3.8) is 0 Å². The van der Waals surface area contributed by atoms with E-state index in [1.165, 1.54) is 0 Å². The average Bonchev–Trinajstić information content (AvgIpc) is 3.42. The Morgan fingerprint density at radius 2 is 2.03 bits per heavy atom. The van der Waals surface area contributed by atoms with Gasteiger partial charge in [0.25, 0.3) is 0 Å². The minimum Gasteiger partial charge on any atom is -0.470 e. The van der Waals surface area contributed by atoms with E-state index in [9.17, 15) is 5.26 Å². The highest BCUT2D eigenvalue weighted by molar-refractivity contribution is 6.74. The first-order valence-corrected chi connectivity index (χ1v) is 16.4. The Morgan fingerprint density at radius 1 is 1.26 bits per heavy atom. The molecule has 0 unspecified atom stereocenters. The molecule has 0 spiro atoms. The molecule has 0 fully saturated rings. The second-order valence-electron chi connectivity index (χ2n) is 13.1. The number of fused-ring (bicyclic) bond motifs is 2.